The molecule has 0 bridgehead atoms. The molecule has 102 valence electrons. The molecule has 0 saturated carbocycles. The van der Waals surface area contributed by atoms with Crippen molar-refractivity contribution in [3.05, 3.63) is 54.0 Å². The maximum Gasteiger partial charge on any atom is 0.150 e. The highest BCUT2D eigenvalue weighted by molar-refractivity contribution is 5.99. The SMILES string of the molecule is COc1ccc2c(C)nc(C#N)c(-c3ccccn3)c2c1. The smallest absolute Gasteiger partial charge is 0.150 e. The maximum atomic E-state index is 9.42. The van der Waals surface area contributed by atoms with Gasteiger partial charge in [0.15, 0.2) is 5.69 Å². The minimum Gasteiger partial charge on any atom is -0.497 e. The molecule has 0 atom stereocenters. The Bertz CT molecular complexity index is 851. The largest absolute Gasteiger partial charge is 0.497 e. The average molecular weight is 275 g/mol. The number of fused-ring (bicyclic) bond motifs is 1. The summed E-state index contributed by atoms with van der Waals surface area (Å²) < 4.78 is 5.30. The lowest BCUT2D eigenvalue weighted by Gasteiger charge is -2.11. The number of nitriles is 1. The highest BCUT2D eigenvalue weighted by atomic mass is 16.5. The molecule has 3 rings (SSSR count). The van der Waals surface area contributed by atoms with Crippen LogP contribution in [0.4, 0.5) is 0 Å². The Morgan fingerprint density at radius 3 is 2.67 bits per heavy atom. The third-order valence-corrected chi connectivity index (χ3v) is 3.43. The van der Waals surface area contributed by atoms with Crippen LogP contribution in [0.25, 0.3) is 22.0 Å². The molecule has 1 aromatic carbocycles. The number of aryl methyl sites for hydroxylation is 1. The molecule has 0 radical (unpaired) electrons. The summed E-state index contributed by atoms with van der Waals surface area (Å²) >= 11 is 0. The van der Waals surface area contributed by atoms with Crippen molar-refractivity contribution in [1.82, 2.24) is 9.97 Å². The van der Waals surface area contributed by atoms with Crippen LogP contribution in [-0.4, -0.2) is 17.1 Å². The van der Waals surface area contributed by atoms with Crippen LogP contribution in [0.3, 0.4) is 0 Å². The first-order valence-corrected chi connectivity index (χ1v) is 6.54. The van der Waals surface area contributed by atoms with Crippen molar-refractivity contribution in [3.63, 3.8) is 0 Å². The predicted molar refractivity (Wildman–Crippen MR) is 81.0 cm³/mol. The lowest BCUT2D eigenvalue weighted by atomic mass is 9.99. The zero-order valence-electron chi connectivity index (χ0n) is 11.8. The van der Waals surface area contributed by atoms with Crippen LogP contribution in [0.5, 0.6) is 5.75 Å². The minimum absolute atomic E-state index is 0.381. The molecule has 0 unspecified atom stereocenters. The van der Waals surface area contributed by atoms with E-state index in [0.717, 1.165) is 33.5 Å². The lowest BCUT2D eigenvalue weighted by Crippen LogP contribution is -1.97. The summed E-state index contributed by atoms with van der Waals surface area (Å²) in [6.07, 6.45) is 1.71. The molecule has 21 heavy (non-hydrogen) atoms. The zero-order valence-corrected chi connectivity index (χ0v) is 11.8. The van der Waals surface area contributed by atoms with Gasteiger partial charge in [0.1, 0.15) is 11.8 Å². The van der Waals surface area contributed by atoms with Crippen LogP contribution in [0, 0.1) is 18.3 Å². The van der Waals surface area contributed by atoms with Gasteiger partial charge in [-0.05, 0) is 42.6 Å². The molecule has 0 aliphatic carbocycles. The summed E-state index contributed by atoms with van der Waals surface area (Å²) in [6.45, 7) is 1.90. The van der Waals surface area contributed by atoms with Gasteiger partial charge in [0.25, 0.3) is 0 Å². The number of hydrogen-bond donors (Lipinski definition) is 0. The molecule has 0 amide bonds. The first-order chi connectivity index (χ1) is 10.2. The summed E-state index contributed by atoms with van der Waals surface area (Å²) in [5.74, 6) is 0.745. The summed E-state index contributed by atoms with van der Waals surface area (Å²) in [5.41, 5.74) is 2.69. The molecular formula is C17H13N3O. The summed E-state index contributed by atoms with van der Waals surface area (Å²) in [7, 11) is 1.63. The average Bonchev–Trinajstić information content (AvgIpc) is 2.54. The van der Waals surface area contributed by atoms with Gasteiger partial charge in [0.05, 0.1) is 12.8 Å². The third-order valence-electron chi connectivity index (χ3n) is 3.43. The molecule has 4 nitrogen and oxygen atoms in total. The van der Waals surface area contributed by atoms with Gasteiger partial charge in [-0.15, -0.1) is 0 Å². The summed E-state index contributed by atoms with van der Waals surface area (Å²) in [4.78, 5) is 8.77. The Labute approximate surface area is 122 Å². The lowest BCUT2D eigenvalue weighted by molar-refractivity contribution is 0.415. The first kappa shape index (κ1) is 13.1. The van der Waals surface area contributed by atoms with Crippen molar-refractivity contribution >= 4 is 10.8 Å². The van der Waals surface area contributed by atoms with E-state index in [1.165, 1.54) is 0 Å². The van der Waals surface area contributed by atoms with E-state index < -0.39 is 0 Å². The van der Waals surface area contributed by atoms with Crippen molar-refractivity contribution in [1.29, 1.82) is 5.26 Å². The number of nitrogens with zero attached hydrogens (tertiary/aromatic N) is 3. The number of aromatic nitrogens is 2. The van der Waals surface area contributed by atoms with Crippen LogP contribution in [-0.2, 0) is 0 Å². The van der Waals surface area contributed by atoms with Gasteiger partial charge in [-0.2, -0.15) is 5.26 Å². The van der Waals surface area contributed by atoms with Gasteiger partial charge in [-0.25, -0.2) is 4.98 Å². The topological polar surface area (TPSA) is 58.8 Å². The van der Waals surface area contributed by atoms with Crippen LogP contribution < -0.4 is 4.74 Å². The highest BCUT2D eigenvalue weighted by Gasteiger charge is 2.15. The number of methoxy groups -OCH3 is 1. The summed E-state index contributed by atoms with van der Waals surface area (Å²) in [6, 6.07) is 13.6. The molecule has 0 aliphatic rings. The Morgan fingerprint density at radius 2 is 2.00 bits per heavy atom. The number of hydrogen-bond acceptors (Lipinski definition) is 4. The quantitative estimate of drug-likeness (QED) is 0.718. The summed E-state index contributed by atoms with van der Waals surface area (Å²) in [5, 5.41) is 11.3. The second kappa shape index (κ2) is 5.22. The van der Waals surface area contributed by atoms with E-state index in [0.29, 0.717) is 5.69 Å². The van der Waals surface area contributed by atoms with Gasteiger partial charge < -0.3 is 4.74 Å². The molecule has 2 heterocycles. The van der Waals surface area contributed by atoms with Crippen LogP contribution >= 0.6 is 0 Å². The van der Waals surface area contributed by atoms with Crippen molar-refractivity contribution in [2.75, 3.05) is 7.11 Å². The van der Waals surface area contributed by atoms with E-state index in [-0.39, 0.29) is 0 Å². The van der Waals surface area contributed by atoms with Gasteiger partial charge in [0, 0.05) is 22.8 Å². The fraction of sp³-hybridized carbons (Fsp3) is 0.118. The third kappa shape index (κ3) is 2.19. The molecule has 2 aromatic heterocycles. The Hall–Kier alpha value is -2.93. The van der Waals surface area contributed by atoms with Gasteiger partial charge in [-0.1, -0.05) is 6.07 Å². The molecule has 0 N–H and O–H groups in total. The Balaban J connectivity index is 2.45. The van der Waals surface area contributed by atoms with Gasteiger partial charge in [0.2, 0.25) is 0 Å². The molecule has 0 spiro atoms. The first-order valence-electron chi connectivity index (χ1n) is 6.54. The number of rotatable bonds is 2. The second-order valence-electron chi connectivity index (χ2n) is 4.66. The number of ether oxygens (including phenoxy) is 1. The van der Waals surface area contributed by atoms with Crippen molar-refractivity contribution in [2.24, 2.45) is 0 Å². The van der Waals surface area contributed by atoms with E-state index in [4.69, 9.17) is 4.74 Å². The molecule has 0 aliphatic heterocycles. The van der Waals surface area contributed by atoms with Gasteiger partial charge >= 0.3 is 0 Å². The van der Waals surface area contributed by atoms with E-state index in [1.807, 2.05) is 43.3 Å². The number of pyridine rings is 2. The fourth-order valence-corrected chi connectivity index (χ4v) is 2.43. The van der Waals surface area contributed by atoms with E-state index in [1.54, 1.807) is 13.3 Å². The van der Waals surface area contributed by atoms with Gasteiger partial charge in [-0.3, -0.25) is 4.98 Å². The minimum atomic E-state index is 0.381. The maximum absolute atomic E-state index is 9.42. The standard InChI is InChI=1S/C17H13N3O/c1-11-13-7-6-12(21-2)9-14(13)17(16(10-18)20-11)15-5-3-4-8-19-15/h3-9H,1-2H3. The van der Waals surface area contributed by atoms with Crippen LogP contribution in [0.15, 0.2) is 42.6 Å². The molecule has 4 heteroatoms. The molecular weight excluding hydrogens is 262 g/mol. The predicted octanol–water partition coefficient (Wildman–Crippen LogP) is 3.49. The Kier molecular flexibility index (Phi) is 3.25. The zero-order chi connectivity index (χ0) is 14.8. The Morgan fingerprint density at radius 1 is 1.14 bits per heavy atom. The van der Waals surface area contributed by atoms with E-state index in [9.17, 15) is 5.26 Å². The van der Waals surface area contributed by atoms with Crippen LogP contribution in [0.2, 0.25) is 0 Å². The molecule has 3 aromatic rings. The fourth-order valence-electron chi connectivity index (χ4n) is 2.43. The second-order valence-corrected chi connectivity index (χ2v) is 4.66. The van der Waals surface area contributed by atoms with Crippen molar-refractivity contribution in [2.45, 2.75) is 6.92 Å². The highest BCUT2D eigenvalue weighted by Crippen LogP contribution is 2.33. The monoisotopic (exact) mass is 275 g/mol. The van der Waals surface area contributed by atoms with Crippen molar-refractivity contribution < 1.29 is 4.74 Å². The molecule has 0 fully saturated rings. The normalized spacial score (nSPS) is 10.3. The van der Waals surface area contributed by atoms with E-state index >= 15 is 0 Å². The number of benzene rings is 1. The van der Waals surface area contributed by atoms with Crippen molar-refractivity contribution in [3.8, 4) is 23.1 Å². The van der Waals surface area contributed by atoms with E-state index in [2.05, 4.69) is 16.0 Å². The van der Waals surface area contributed by atoms with Crippen LogP contribution in [0.1, 0.15) is 11.4 Å². The molecule has 0 saturated heterocycles.